The number of carbonyl (C=O) groups is 1. The van der Waals surface area contributed by atoms with Crippen LogP contribution in [0.1, 0.15) is 10.4 Å². The fourth-order valence-electron chi connectivity index (χ4n) is 3.38. The molecule has 144 valence electrons. The minimum atomic E-state index is -0.269. The molecule has 2 N–H and O–H groups in total. The number of hydrogen-bond acceptors (Lipinski definition) is 5. The van der Waals surface area contributed by atoms with Crippen molar-refractivity contribution in [2.75, 3.05) is 12.4 Å². The van der Waals surface area contributed by atoms with Gasteiger partial charge in [0.1, 0.15) is 22.4 Å². The molecule has 3 heterocycles. The van der Waals surface area contributed by atoms with Crippen LogP contribution in [0.3, 0.4) is 0 Å². The van der Waals surface area contributed by atoms with Gasteiger partial charge in [-0.15, -0.1) is 0 Å². The Morgan fingerprint density at radius 2 is 2.14 bits per heavy atom. The molecule has 0 unspecified atom stereocenters. The molecule has 3 aromatic heterocycles. The molecule has 0 saturated heterocycles. The molecule has 5 aromatic rings. The zero-order chi connectivity index (χ0) is 20.0. The molecule has 1 amide bonds. The highest BCUT2D eigenvalue weighted by molar-refractivity contribution is 6.06. The summed E-state index contributed by atoms with van der Waals surface area (Å²) in [5.41, 5.74) is 4.46. The van der Waals surface area contributed by atoms with Gasteiger partial charge in [-0.1, -0.05) is 0 Å². The fraction of sp³-hybridized carbons (Fsp3) is 0.0952. The molecular formula is C21H17N5O3. The Balaban J connectivity index is 1.54. The number of ether oxygens (including phenoxy) is 1. The Morgan fingerprint density at radius 3 is 2.93 bits per heavy atom. The largest absolute Gasteiger partial charge is 0.494 e. The number of furan rings is 1. The summed E-state index contributed by atoms with van der Waals surface area (Å²) in [6, 6.07) is 10.9. The predicted molar refractivity (Wildman–Crippen MR) is 109 cm³/mol. The number of imidazole rings is 1. The van der Waals surface area contributed by atoms with Crippen LogP contribution in [0.4, 0.5) is 5.95 Å². The summed E-state index contributed by atoms with van der Waals surface area (Å²) in [4.78, 5) is 20.5. The molecule has 8 heteroatoms. The summed E-state index contributed by atoms with van der Waals surface area (Å²) in [6.07, 6.45) is 5.28. The highest BCUT2D eigenvalue weighted by atomic mass is 16.5. The Hall–Kier alpha value is -4.07. The van der Waals surface area contributed by atoms with Crippen molar-refractivity contribution in [3.05, 3.63) is 60.6 Å². The summed E-state index contributed by atoms with van der Waals surface area (Å²) in [5.74, 6) is 0.710. The SMILES string of the molecule is COc1ccc(-c2cnn(C)c2)c2nc(NC(=O)c3ccc4occc4c3)[nH]c12. The number of fused-ring (bicyclic) bond motifs is 2. The first-order valence-corrected chi connectivity index (χ1v) is 8.97. The second-order valence-electron chi connectivity index (χ2n) is 6.65. The molecule has 0 atom stereocenters. The Kier molecular flexibility index (Phi) is 3.83. The van der Waals surface area contributed by atoms with Gasteiger partial charge in [0.15, 0.2) is 0 Å². The monoisotopic (exact) mass is 387 g/mol. The average Bonchev–Trinajstić information content (AvgIpc) is 3.45. The van der Waals surface area contributed by atoms with E-state index in [1.807, 2.05) is 31.4 Å². The Bertz CT molecular complexity index is 1360. The highest BCUT2D eigenvalue weighted by Crippen LogP contribution is 2.33. The van der Waals surface area contributed by atoms with Crippen molar-refractivity contribution >= 4 is 33.9 Å². The number of methoxy groups -OCH3 is 1. The first-order valence-electron chi connectivity index (χ1n) is 8.97. The van der Waals surface area contributed by atoms with E-state index in [2.05, 4.69) is 20.4 Å². The number of aryl methyl sites for hydroxylation is 1. The number of nitrogens with one attached hydrogen (secondary N) is 2. The van der Waals surface area contributed by atoms with Crippen LogP contribution in [0.5, 0.6) is 5.75 Å². The van der Waals surface area contributed by atoms with Gasteiger partial charge in [-0.3, -0.25) is 14.8 Å². The van der Waals surface area contributed by atoms with Crippen LogP contribution in [0.2, 0.25) is 0 Å². The van der Waals surface area contributed by atoms with E-state index >= 15 is 0 Å². The molecule has 0 fully saturated rings. The standard InChI is InChI=1S/C21H17N5O3/c1-26-11-14(10-22-26)15-4-6-17(28-2)19-18(15)23-21(24-19)25-20(27)13-3-5-16-12(9-13)7-8-29-16/h3-11H,1-2H3,(H2,23,24,25,27). The van der Waals surface area contributed by atoms with Gasteiger partial charge >= 0.3 is 0 Å². The summed E-state index contributed by atoms with van der Waals surface area (Å²) in [7, 11) is 3.45. The third kappa shape index (κ3) is 2.91. The highest BCUT2D eigenvalue weighted by Gasteiger charge is 2.16. The minimum absolute atomic E-state index is 0.269. The molecule has 5 rings (SSSR count). The van der Waals surface area contributed by atoms with Crippen molar-refractivity contribution in [1.82, 2.24) is 19.7 Å². The van der Waals surface area contributed by atoms with Crippen molar-refractivity contribution in [3.8, 4) is 16.9 Å². The molecule has 0 bridgehead atoms. The number of aromatic nitrogens is 4. The van der Waals surface area contributed by atoms with Gasteiger partial charge in [0, 0.05) is 35.3 Å². The van der Waals surface area contributed by atoms with Crippen LogP contribution in [0, 0.1) is 0 Å². The number of nitrogens with zero attached hydrogens (tertiary/aromatic N) is 3. The normalized spacial score (nSPS) is 11.2. The van der Waals surface area contributed by atoms with Crippen LogP contribution in [-0.2, 0) is 7.05 Å². The van der Waals surface area contributed by atoms with E-state index in [0.717, 1.165) is 22.1 Å². The number of benzene rings is 2. The second-order valence-corrected chi connectivity index (χ2v) is 6.65. The summed E-state index contributed by atoms with van der Waals surface area (Å²) in [6.45, 7) is 0. The van der Waals surface area contributed by atoms with Crippen LogP contribution in [-0.4, -0.2) is 32.8 Å². The number of amides is 1. The molecule has 2 aromatic carbocycles. The van der Waals surface area contributed by atoms with E-state index in [1.54, 1.807) is 42.5 Å². The molecule has 0 saturated carbocycles. The van der Waals surface area contributed by atoms with Crippen molar-refractivity contribution in [2.24, 2.45) is 7.05 Å². The van der Waals surface area contributed by atoms with E-state index in [9.17, 15) is 4.79 Å². The molecule has 0 aliphatic rings. The third-order valence-corrected chi connectivity index (χ3v) is 4.79. The van der Waals surface area contributed by atoms with Gasteiger partial charge in [0.2, 0.25) is 5.95 Å². The summed E-state index contributed by atoms with van der Waals surface area (Å²) in [5, 5.41) is 7.92. The second kappa shape index (κ2) is 6.52. The number of H-pyrrole nitrogens is 1. The fourth-order valence-corrected chi connectivity index (χ4v) is 3.38. The maximum absolute atomic E-state index is 12.7. The lowest BCUT2D eigenvalue weighted by molar-refractivity contribution is 0.102. The lowest BCUT2D eigenvalue weighted by atomic mass is 10.1. The zero-order valence-electron chi connectivity index (χ0n) is 15.8. The third-order valence-electron chi connectivity index (χ3n) is 4.79. The predicted octanol–water partition coefficient (Wildman–Crippen LogP) is 3.97. The quantitative estimate of drug-likeness (QED) is 0.486. The minimum Gasteiger partial charge on any atom is -0.494 e. The van der Waals surface area contributed by atoms with Gasteiger partial charge in [0.05, 0.1) is 19.6 Å². The smallest absolute Gasteiger partial charge is 0.257 e. The number of anilines is 1. The number of rotatable bonds is 4. The molecule has 8 nitrogen and oxygen atoms in total. The molecule has 0 aliphatic carbocycles. The van der Waals surface area contributed by atoms with Gasteiger partial charge in [-0.25, -0.2) is 4.98 Å². The Labute approximate surface area is 165 Å². The van der Waals surface area contributed by atoms with Crippen molar-refractivity contribution in [3.63, 3.8) is 0 Å². The first-order chi connectivity index (χ1) is 14.1. The maximum atomic E-state index is 12.7. The molecule has 0 radical (unpaired) electrons. The van der Waals surface area contributed by atoms with Gasteiger partial charge in [-0.05, 0) is 36.4 Å². The van der Waals surface area contributed by atoms with Crippen molar-refractivity contribution in [1.29, 1.82) is 0 Å². The molecular weight excluding hydrogens is 370 g/mol. The van der Waals surface area contributed by atoms with Gasteiger partial charge < -0.3 is 14.1 Å². The van der Waals surface area contributed by atoms with Gasteiger partial charge in [-0.2, -0.15) is 5.10 Å². The number of aromatic amines is 1. The van der Waals surface area contributed by atoms with Crippen LogP contribution in [0.25, 0.3) is 33.1 Å². The van der Waals surface area contributed by atoms with E-state index < -0.39 is 0 Å². The van der Waals surface area contributed by atoms with E-state index in [-0.39, 0.29) is 5.91 Å². The molecule has 0 spiro atoms. The zero-order valence-corrected chi connectivity index (χ0v) is 15.8. The summed E-state index contributed by atoms with van der Waals surface area (Å²) < 4.78 is 12.5. The van der Waals surface area contributed by atoms with Crippen molar-refractivity contribution in [2.45, 2.75) is 0 Å². The van der Waals surface area contributed by atoms with Crippen LogP contribution in [0.15, 0.2) is 59.5 Å². The van der Waals surface area contributed by atoms with Crippen LogP contribution < -0.4 is 10.1 Å². The topological polar surface area (TPSA) is 98.0 Å². The van der Waals surface area contributed by atoms with E-state index in [4.69, 9.17) is 9.15 Å². The molecule has 29 heavy (non-hydrogen) atoms. The van der Waals surface area contributed by atoms with Crippen molar-refractivity contribution < 1.29 is 13.9 Å². The van der Waals surface area contributed by atoms with Gasteiger partial charge in [0.25, 0.3) is 5.91 Å². The van der Waals surface area contributed by atoms with E-state index in [0.29, 0.717) is 28.3 Å². The lowest BCUT2D eigenvalue weighted by Gasteiger charge is -2.04. The number of carbonyl (C=O) groups excluding carboxylic acids is 1. The number of hydrogen-bond donors (Lipinski definition) is 2. The maximum Gasteiger partial charge on any atom is 0.257 e. The van der Waals surface area contributed by atoms with E-state index in [1.165, 1.54) is 0 Å². The Morgan fingerprint density at radius 1 is 1.24 bits per heavy atom. The lowest BCUT2D eigenvalue weighted by Crippen LogP contribution is -2.12. The molecule has 0 aliphatic heterocycles. The van der Waals surface area contributed by atoms with Crippen LogP contribution >= 0.6 is 0 Å². The first kappa shape index (κ1) is 17.1. The average molecular weight is 387 g/mol. The summed E-state index contributed by atoms with van der Waals surface area (Å²) >= 11 is 0.